The lowest BCUT2D eigenvalue weighted by Gasteiger charge is -2.68. The molecule has 1 aromatic rings. The number of fused-ring (bicyclic) bond motifs is 1. The molecule has 1 spiro atoms. The summed E-state index contributed by atoms with van der Waals surface area (Å²) in [6.07, 6.45) is 0.831. The number of ketones is 1. The number of hydrogen-bond acceptors (Lipinski definition) is 4. The molecule has 4 saturated heterocycles. The molecule has 2 unspecified atom stereocenters. The van der Waals surface area contributed by atoms with Crippen molar-refractivity contribution >= 4 is 33.3 Å². The first kappa shape index (κ1) is 15.0. The van der Waals surface area contributed by atoms with Crippen LogP contribution in [0.25, 0.3) is 0 Å². The van der Waals surface area contributed by atoms with E-state index in [-0.39, 0.29) is 16.7 Å². The smallest absolute Gasteiger partial charge is 0.264 e. The number of anilines is 1. The van der Waals surface area contributed by atoms with Crippen LogP contribution in [0.4, 0.5) is 5.69 Å². The molecule has 4 bridgehead atoms. The highest BCUT2D eigenvalue weighted by Gasteiger charge is 2.71. The van der Waals surface area contributed by atoms with Crippen molar-refractivity contribution in [3.63, 3.8) is 0 Å². The first-order valence-corrected chi connectivity index (χ1v) is 9.32. The normalized spacial score (nSPS) is 45.0. The summed E-state index contributed by atoms with van der Waals surface area (Å²) in [5.74, 6) is 0.421. The van der Waals surface area contributed by atoms with Crippen LogP contribution in [0.15, 0.2) is 22.7 Å². The van der Waals surface area contributed by atoms with Gasteiger partial charge in [0, 0.05) is 41.9 Å². The van der Waals surface area contributed by atoms with Crippen molar-refractivity contribution < 1.29 is 9.59 Å². The topological polar surface area (TPSA) is 52.6 Å². The number of carbonyl (C=O) groups excluding carboxylic acids is 2. The lowest BCUT2D eigenvalue weighted by molar-refractivity contribution is -0.230. The number of piperidine rings is 2. The predicted molar refractivity (Wildman–Crippen MR) is 93.4 cm³/mol. The SMILES string of the molecule is CCC12CN3CC(C)(CN(C1)C31C(=O)Nc3ccc(Br)cc31)C2=O. The molecule has 1 N–H and O–H groups in total. The molecule has 5 aliphatic rings. The lowest BCUT2D eigenvalue weighted by Crippen LogP contribution is -2.83. The van der Waals surface area contributed by atoms with Crippen molar-refractivity contribution in [1.82, 2.24) is 9.80 Å². The van der Waals surface area contributed by atoms with E-state index in [2.05, 4.69) is 51.0 Å². The largest absolute Gasteiger partial charge is 0.323 e. The highest BCUT2D eigenvalue weighted by Crippen LogP contribution is 2.58. The molecule has 0 saturated carbocycles. The molecule has 0 aromatic heterocycles. The molecular formula is C18H20BrN3O2. The number of amides is 1. The molecule has 6 rings (SSSR count). The second kappa shape index (κ2) is 4.29. The van der Waals surface area contributed by atoms with E-state index in [1.807, 2.05) is 12.1 Å². The standard InChI is InChI=1S/C18H20BrN3O2/c1-3-17-9-21-7-16(2,14(17)23)8-22(10-17)18(21)12-6-11(19)4-5-13(12)20-15(18)24/h4-6H,3,7-10H2,1-2H3,(H,20,24). The van der Waals surface area contributed by atoms with Gasteiger partial charge in [-0.25, -0.2) is 0 Å². The van der Waals surface area contributed by atoms with Gasteiger partial charge in [0.25, 0.3) is 5.91 Å². The second-order valence-electron chi connectivity index (χ2n) is 8.05. The number of nitrogens with one attached hydrogen (secondary N) is 1. The minimum Gasteiger partial charge on any atom is -0.323 e. The van der Waals surface area contributed by atoms with E-state index < -0.39 is 5.66 Å². The summed E-state index contributed by atoms with van der Waals surface area (Å²) >= 11 is 3.55. The van der Waals surface area contributed by atoms with E-state index in [0.717, 1.165) is 22.1 Å². The number of Topliss-reactive ketones (excluding diaryl/α,β-unsaturated/α-hetero) is 1. The van der Waals surface area contributed by atoms with Crippen LogP contribution in [-0.4, -0.2) is 47.7 Å². The zero-order chi connectivity index (χ0) is 16.9. The van der Waals surface area contributed by atoms with Gasteiger partial charge in [-0.3, -0.25) is 19.4 Å². The van der Waals surface area contributed by atoms with E-state index in [9.17, 15) is 9.59 Å². The summed E-state index contributed by atoms with van der Waals surface area (Å²) in [5.41, 5.74) is 0.455. The van der Waals surface area contributed by atoms with Gasteiger partial charge in [-0.2, -0.15) is 0 Å². The molecule has 1 aromatic carbocycles. The molecule has 0 radical (unpaired) electrons. The second-order valence-corrected chi connectivity index (χ2v) is 8.97. The number of rotatable bonds is 1. The van der Waals surface area contributed by atoms with Gasteiger partial charge in [-0.15, -0.1) is 0 Å². The van der Waals surface area contributed by atoms with Crippen LogP contribution in [-0.2, 0) is 15.3 Å². The maximum Gasteiger partial charge on any atom is 0.264 e. The minimum atomic E-state index is -0.752. The molecule has 0 aliphatic carbocycles. The molecule has 4 fully saturated rings. The number of hydrogen-bond donors (Lipinski definition) is 1. The van der Waals surface area contributed by atoms with Crippen molar-refractivity contribution in [3.05, 3.63) is 28.2 Å². The van der Waals surface area contributed by atoms with Gasteiger partial charge in [0.2, 0.25) is 0 Å². The van der Waals surface area contributed by atoms with E-state index in [0.29, 0.717) is 32.0 Å². The zero-order valence-electron chi connectivity index (χ0n) is 13.9. The molecule has 5 heterocycles. The van der Waals surface area contributed by atoms with Gasteiger partial charge >= 0.3 is 0 Å². The van der Waals surface area contributed by atoms with Crippen molar-refractivity contribution in [1.29, 1.82) is 0 Å². The lowest BCUT2D eigenvalue weighted by atomic mass is 9.58. The van der Waals surface area contributed by atoms with Crippen LogP contribution in [0.2, 0.25) is 0 Å². The van der Waals surface area contributed by atoms with E-state index >= 15 is 0 Å². The molecule has 5 nitrogen and oxygen atoms in total. The Balaban J connectivity index is 1.73. The van der Waals surface area contributed by atoms with Crippen molar-refractivity contribution in [2.24, 2.45) is 10.8 Å². The Labute approximate surface area is 149 Å². The number of nitrogens with zero attached hydrogens (tertiary/aromatic N) is 2. The number of benzene rings is 1. The van der Waals surface area contributed by atoms with Crippen LogP contribution < -0.4 is 5.32 Å². The zero-order valence-corrected chi connectivity index (χ0v) is 15.4. The number of carbonyl (C=O) groups is 2. The fourth-order valence-corrected chi connectivity index (χ4v) is 5.99. The molecule has 5 aliphatic heterocycles. The number of halogens is 1. The average Bonchev–Trinajstić information content (AvgIpc) is 2.81. The Morgan fingerprint density at radius 1 is 1.17 bits per heavy atom. The van der Waals surface area contributed by atoms with Crippen LogP contribution >= 0.6 is 15.9 Å². The van der Waals surface area contributed by atoms with Crippen LogP contribution in [0.5, 0.6) is 0 Å². The third-order valence-electron chi connectivity index (χ3n) is 6.61. The summed E-state index contributed by atoms with van der Waals surface area (Å²) < 4.78 is 0.973. The molecule has 126 valence electrons. The Bertz CT molecular complexity index is 789. The fraction of sp³-hybridized carbons (Fsp3) is 0.556. The molecule has 24 heavy (non-hydrogen) atoms. The highest BCUT2D eigenvalue weighted by atomic mass is 79.9. The quantitative estimate of drug-likeness (QED) is 0.799. The maximum atomic E-state index is 13.1. The molecular weight excluding hydrogens is 370 g/mol. The van der Waals surface area contributed by atoms with Crippen molar-refractivity contribution in [2.45, 2.75) is 25.9 Å². The Kier molecular flexibility index (Phi) is 2.69. The van der Waals surface area contributed by atoms with E-state index in [4.69, 9.17) is 0 Å². The molecule has 2 atom stereocenters. The minimum absolute atomic E-state index is 0.0247. The van der Waals surface area contributed by atoms with Crippen LogP contribution in [0.1, 0.15) is 25.8 Å². The Morgan fingerprint density at radius 3 is 2.46 bits per heavy atom. The van der Waals surface area contributed by atoms with Gasteiger partial charge < -0.3 is 5.32 Å². The Morgan fingerprint density at radius 2 is 1.83 bits per heavy atom. The summed E-state index contributed by atoms with van der Waals surface area (Å²) in [6.45, 7) is 6.83. The molecule has 1 amide bonds. The third-order valence-corrected chi connectivity index (χ3v) is 7.10. The first-order chi connectivity index (χ1) is 11.4. The maximum absolute atomic E-state index is 13.1. The van der Waals surface area contributed by atoms with Gasteiger partial charge in [0.05, 0.1) is 10.8 Å². The van der Waals surface area contributed by atoms with Gasteiger partial charge in [0.15, 0.2) is 5.66 Å². The summed E-state index contributed by atoms with van der Waals surface area (Å²) in [5, 5.41) is 3.07. The summed E-state index contributed by atoms with van der Waals surface area (Å²) in [4.78, 5) is 30.7. The summed E-state index contributed by atoms with van der Waals surface area (Å²) in [7, 11) is 0. The van der Waals surface area contributed by atoms with E-state index in [1.54, 1.807) is 0 Å². The monoisotopic (exact) mass is 389 g/mol. The van der Waals surface area contributed by atoms with Crippen molar-refractivity contribution in [3.8, 4) is 0 Å². The fourth-order valence-electron chi connectivity index (χ4n) is 5.63. The molecule has 6 heteroatoms. The first-order valence-electron chi connectivity index (χ1n) is 8.52. The van der Waals surface area contributed by atoms with Crippen LogP contribution in [0.3, 0.4) is 0 Å². The van der Waals surface area contributed by atoms with Crippen molar-refractivity contribution in [2.75, 3.05) is 31.5 Å². The van der Waals surface area contributed by atoms with Gasteiger partial charge in [-0.05, 0) is 24.6 Å². The average molecular weight is 390 g/mol. The predicted octanol–water partition coefficient (Wildman–Crippen LogP) is 2.17. The Hall–Kier alpha value is -1.24. The van der Waals surface area contributed by atoms with E-state index in [1.165, 1.54) is 0 Å². The van der Waals surface area contributed by atoms with Gasteiger partial charge in [-0.1, -0.05) is 29.8 Å². The summed E-state index contributed by atoms with van der Waals surface area (Å²) in [6, 6.07) is 5.97. The third kappa shape index (κ3) is 1.45. The highest BCUT2D eigenvalue weighted by molar-refractivity contribution is 9.10. The van der Waals surface area contributed by atoms with Gasteiger partial charge in [0.1, 0.15) is 5.78 Å². The van der Waals surface area contributed by atoms with Crippen LogP contribution in [0, 0.1) is 10.8 Å².